The average molecular weight is 548 g/mol. The van der Waals surface area contributed by atoms with Crippen molar-refractivity contribution in [2.24, 2.45) is 5.92 Å². The van der Waals surface area contributed by atoms with Gasteiger partial charge in [-0.15, -0.1) is 9.79 Å². The fourth-order valence-electron chi connectivity index (χ4n) is 4.72. The van der Waals surface area contributed by atoms with Crippen LogP contribution in [0.3, 0.4) is 0 Å². The third-order valence-electron chi connectivity index (χ3n) is 6.85. The lowest BCUT2D eigenvalue weighted by Gasteiger charge is -2.14. The number of unbranched alkanes of at least 4 members (excludes halogenated alkanes) is 3. The summed E-state index contributed by atoms with van der Waals surface area (Å²) in [5.74, 6) is 0.886. The molecule has 0 aliphatic carbocycles. The summed E-state index contributed by atoms with van der Waals surface area (Å²) in [6.07, 6.45) is 8.80. The van der Waals surface area contributed by atoms with E-state index in [2.05, 4.69) is 97.3 Å². The highest BCUT2D eigenvalue weighted by Crippen LogP contribution is 2.37. The molecule has 6 nitrogen and oxygen atoms in total. The zero-order chi connectivity index (χ0) is 27.9. The minimum Gasteiger partial charge on any atom is -0.464 e. The number of hydrogen-bond acceptors (Lipinski definition) is 3. The van der Waals surface area contributed by atoms with Gasteiger partial charge in [0, 0.05) is 15.7 Å². The van der Waals surface area contributed by atoms with E-state index in [1.54, 1.807) is 0 Å². The highest BCUT2D eigenvalue weighted by Gasteiger charge is 2.22. The molecule has 7 heteroatoms. The average Bonchev–Trinajstić information content (AvgIpc) is 3.35. The molecule has 0 aliphatic heterocycles. The molecule has 206 valence electrons. The van der Waals surface area contributed by atoms with Crippen LogP contribution >= 0.6 is 8.25 Å². The number of hydrogen-bond donors (Lipinski definition) is 2. The van der Waals surface area contributed by atoms with Gasteiger partial charge >= 0.3 is 14.3 Å². The van der Waals surface area contributed by atoms with Crippen LogP contribution in [0.5, 0.6) is 6.01 Å². The summed E-state index contributed by atoms with van der Waals surface area (Å²) in [7, 11) is -2.87. The molecule has 3 aromatic carbocycles. The number of rotatable bonds is 13. The minimum atomic E-state index is -2.87. The molecule has 0 spiro atoms. The van der Waals surface area contributed by atoms with Crippen LogP contribution in [0.4, 0.5) is 0 Å². The summed E-state index contributed by atoms with van der Waals surface area (Å²) >= 11 is 0. The Bertz CT molecular complexity index is 1240. The van der Waals surface area contributed by atoms with Crippen LogP contribution in [0.15, 0.2) is 91.0 Å². The Morgan fingerprint density at radius 3 is 1.85 bits per heavy atom. The smallest absolute Gasteiger partial charge is 0.464 e. The number of aromatic nitrogens is 2. The topological polar surface area (TPSA) is 84.6 Å². The maximum absolute atomic E-state index is 8.70. The second-order valence-electron chi connectivity index (χ2n) is 9.48. The number of para-hydroxylation sites is 1. The third kappa shape index (κ3) is 9.43. The van der Waals surface area contributed by atoms with Crippen molar-refractivity contribution < 1.29 is 19.1 Å². The van der Waals surface area contributed by atoms with Gasteiger partial charge in [0.2, 0.25) is 0 Å². The van der Waals surface area contributed by atoms with Gasteiger partial charge in [-0.2, -0.15) is 4.98 Å². The van der Waals surface area contributed by atoms with E-state index >= 15 is 0 Å². The Labute approximate surface area is 233 Å². The summed E-state index contributed by atoms with van der Waals surface area (Å²) in [5, 5.41) is 0. The summed E-state index contributed by atoms with van der Waals surface area (Å²) in [5.41, 5.74) is 5.27. The van der Waals surface area contributed by atoms with Gasteiger partial charge in [-0.05, 0) is 24.5 Å². The van der Waals surface area contributed by atoms with E-state index in [1.165, 1.54) is 38.5 Å². The van der Waals surface area contributed by atoms with Gasteiger partial charge in [0.1, 0.15) is 5.69 Å². The SMILES string of the molecule is CCC(CC)CCCCCCOc1nc(-c2ccccc2)c(-c2ccccc2)n1-c1ccccc1.O=[P+](O)O. The van der Waals surface area contributed by atoms with Crippen molar-refractivity contribution in [2.75, 3.05) is 6.61 Å². The molecule has 0 fully saturated rings. The van der Waals surface area contributed by atoms with E-state index in [4.69, 9.17) is 24.1 Å². The van der Waals surface area contributed by atoms with Gasteiger partial charge in [0.25, 0.3) is 0 Å². The quantitative estimate of drug-likeness (QED) is 0.129. The number of imidazole rings is 1. The Hall–Kier alpha value is -3.31. The molecule has 39 heavy (non-hydrogen) atoms. The monoisotopic (exact) mass is 547 g/mol. The molecule has 1 heterocycles. The summed E-state index contributed by atoms with van der Waals surface area (Å²) < 4.78 is 17.3. The molecule has 4 aromatic rings. The largest absolute Gasteiger partial charge is 0.692 e. The van der Waals surface area contributed by atoms with Crippen molar-refractivity contribution in [3.8, 4) is 34.2 Å². The fourth-order valence-corrected chi connectivity index (χ4v) is 4.72. The first-order chi connectivity index (χ1) is 19.0. The number of ether oxygens (including phenoxy) is 1. The van der Waals surface area contributed by atoms with Crippen LogP contribution in [-0.2, 0) is 4.57 Å². The van der Waals surface area contributed by atoms with Crippen LogP contribution in [0.1, 0.15) is 58.8 Å². The number of benzene rings is 3. The Morgan fingerprint density at radius 1 is 0.769 bits per heavy atom. The Balaban J connectivity index is 0.000000983. The van der Waals surface area contributed by atoms with Crippen molar-refractivity contribution in [1.82, 2.24) is 9.55 Å². The van der Waals surface area contributed by atoms with E-state index in [-0.39, 0.29) is 0 Å². The molecule has 0 saturated heterocycles. The number of nitrogens with zero attached hydrogens (tertiary/aromatic N) is 2. The maximum Gasteiger partial charge on any atom is 0.692 e. The lowest BCUT2D eigenvalue weighted by atomic mass is 9.96. The second-order valence-corrected chi connectivity index (χ2v) is 9.99. The molecule has 0 aliphatic rings. The lowest BCUT2D eigenvalue weighted by Crippen LogP contribution is -2.05. The van der Waals surface area contributed by atoms with Crippen LogP contribution < -0.4 is 4.74 Å². The molecular formula is C32H40N2O4P+. The van der Waals surface area contributed by atoms with Gasteiger partial charge in [-0.1, -0.05) is 131 Å². The first-order valence-corrected chi connectivity index (χ1v) is 15.0. The molecule has 0 saturated carbocycles. The molecule has 4 rings (SSSR count). The minimum absolute atomic E-state index is 0.658. The van der Waals surface area contributed by atoms with E-state index in [0.29, 0.717) is 12.6 Å². The molecule has 1 aromatic heterocycles. The van der Waals surface area contributed by atoms with Crippen molar-refractivity contribution >= 4 is 8.25 Å². The standard InChI is InChI=1S/C32H38N2O.HO3P/c1-3-26(4-2)18-10-5-6-17-25-35-32-33-30(27-19-11-7-12-20-27)31(28-21-13-8-14-22-28)34(32)29-23-15-9-16-24-29;1-4(2)3/h7-9,11-16,19-24,26H,3-6,10,17-18,25H2,1-2H3;(H-,1,2,3)/p+1. The first kappa shape index (κ1) is 30.2. The first-order valence-electron chi connectivity index (χ1n) is 13.8. The molecule has 0 radical (unpaired) electrons. The van der Waals surface area contributed by atoms with Gasteiger partial charge in [-0.3, -0.25) is 4.57 Å². The van der Waals surface area contributed by atoms with Crippen molar-refractivity contribution in [3.63, 3.8) is 0 Å². The van der Waals surface area contributed by atoms with Crippen LogP contribution in [0, 0.1) is 5.92 Å². The third-order valence-corrected chi connectivity index (χ3v) is 6.85. The van der Waals surface area contributed by atoms with Gasteiger partial charge in [0.05, 0.1) is 18.0 Å². The summed E-state index contributed by atoms with van der Waals surface area (Å²) in [6.45, 7) is 5.30. The lowest BCUT2D eigenvalue weighted by molar-refractivity contribution is 0.277. The van der Waals surface area contributed by atoms with E-state index < -0.39 is 8.25 Å². The van der Waals surface area contributed by atoms with Crippen LogP contribution in [-0.4, -0.2) is 25.9 Å². The fraction of sp³-hybridized carbons (Fsp3) is 0.344. The van der Waals surface area contributed by atoms with E-state index in [9.17, 15) is 0 Å². The highest BCUT2D eigenvalue weighted by molar-refractivity contribution is 7.30. The van der Waals surface area contributed by atoms with Crippen molar-refractivity contribution in [3.05, 3.63) is 91.0 Å². The Kier molecular flexibility index (Phi) is 12.9. The molecule has 2 N–H and O–H groups in total. The predicted octanol–water partition coefficient (Wildman–Crippen LogP) is 8.60. The zero-order valence-electron chi connectivity index (χ0n) is 22.9. The summed E-state index contributed by atoms with van der Waals surface area (Å²) in [6, 6.07) is 32.0. The highest BCUT2D eigenvalue weighted by atomic mass is 31.1. The molecule has 0 atom stereocenters. The van der Waals surface area contributed by atoms with Gasteiger partial charge < -0.3 is 4.74 Å². The van der Waals surface area contributed by atoms with Crippen molar-refractivity contribution in [2.45, 2.75) is 58.8 Å². The molecule has 0 amide bonds. The van der Waals surface area contributed by atoms with Gasteiger partial charge in [-0.25, -0.2) is 0 Å². The predicted molar refractivity (Wildman–Crippen MR) is 159 cm³/mol. The van der Waals surface area contributed by atoms with Crippen LogP contribution in [0.2, 0.25) is 0 Å². The zero-order valence-corrected chi connectivity index (χ0v) is 23.8. The van der Waals surface area contributed by atoms with E-state index in [0.717, 1.165) is 40.5 Å². The molecular weight excluding hydrogens is 507 g/mol. The van der Waals surface area contributed by atoms with Crippen molar-refractivity contribution in [1.29, 1.82) is 0 Å². The van der Waals surface area contributed by atoms with E-state index in [1.807, 2.05) is 12.1 Å². The van der Waals surface area contributed by atoms with Crippen LogP contribution in [0.25, 0.3) is 28.2 Å². The molecule has 0 unspecified atom stereocenters. The second kappa shape index (κ2) is 16.6. The Morgan fingerprint density at radius 2 is 1.28 bits per heavy atom. The van der Waals surface area contributed by atoms with Gasteiger partial charge in [0.15, 0.2) is 0 Å². The molecule has 0 bridgehead atoms. The maximum atomic E-state index is 8.70. The summed E-state index contributed by atoms with van der Waals surface area (Å²) in [4.78, 5) is 19.3. The normalized spacial score (nSPS) is 10.7.